The van der Waals surface area contributed by atoms with E-state index in [1.807, 2.05) is 30.3 Å². The number of hydrogen-bond donors (Lipinski definition) is 1. The van der Waals surface area contributed by atoms with Crippen molar-refractivity contribution >= 4 is 17.9 Å². The summed E-state index contributed by atoms with van der Waals surface area (Å²) in [5.41, 5.74) is 1.08. The Bertz CT molecular complexity index is 551. The van der Waals surface area contributed by atoms with E-state index < -0.39 is 23.9 Å². The van der Waals surface area contributed by atoms with Crippen LogP contribution in [0.25, 0.3) is 0 Å². The van der Waals surface area contributed by atoms with Gasteiger partial charge in [-0.1, -0.05) is 30.3 Å². The molecule has 1 N–H and O–H groups in total. The first-order valence-corrected chi connectivity index (χ1v) is 7.33. The zero-order chi connectivity index (χ0) is 16.7. The molecule has 1 saturated heterocycles. The molecule has 0 unspecified atom stereocenters. The zero-order valence-electron chi connectivity index (χ0n) is 12.8. The van der Waals surface area contributed by atoms with E-state index in [1.54, 1.807) is 0 Å². The van der Waals surface area contributed by atoms with Crippen LogP contribution < -0.4 is 5.32 Å². The van der Waals surface area contributed by atoms with Gasteiger partial charge in [-0.25, -0.2) is 14.4 Å². The molecule has 2 atom stereocenters. The fraction of sp³-hybridized carbons (Fsp3) is 0.438. The first-order valence-electron chi connectivity index (χ1n) is 7.33. The van der Waals surface area contributed by atoms with Crippen molar-refractivity contribution in [2.24, 2.45) is 0 Å². The average Bonchev–Trinajstić information content (AvgIpc) is 2.60. The van der Waals surface area contributed by atoms with Crippen LogP contribution in [0.4, 0.5) is 0 Å². The van der Waals surface area contributed by atoms with Gasteiger partial charge in [-0.2, -0.15) is 0 Å². The SMILES string of the molecule is COC(=O)C(=O)OC(=O)[C@@H]1CC[C@@H](OCc2ccccc2)CN1. The number of hydrogen-bond acceptors (Lipinski definition) is 7. The molecule has 0 bridgehead atoms. The van der Waals surface area contributed by atoms with Crippen LogP contribution in [0.15, 0.2) is 30.3 Å². The minimum Gasteiger partial charge on any atom is -0.461 e. The van der Waals surface area contributed by atoms with Crippen molar-refractivity contribution in [1.29, 1.82) is 0 Å². The third kappa shape index (κ3) is 5.15. The van der Waals surface area contributed by atoms with Crippen molar-refractivity contribution < 1.29 is 28.6 Å². The highest BCUT2D eigenvalue weighted by molar-refractivity contribution is 6.31. The van der Waals surface area contributed by atoms with E-state index in [-0.39, 0.29) is 6.10 Å². The Morgan fingerprint density at radius 3 is 2.48 bits per heavy atom. The molecule has 2 rings (SSSR count). The quantitative estimate of drug-likeness (QED) is 0.492. The largest absolute Gasteiger partial charge is 0.461 e. The molecule has 7 heteroatoms. The van der Waals surface area contributed by atoms with Crippen LogP contribution in [0.5, 0.6) is 0 Å². The number of carbonyl (C=O) groups is 3. The lowest BCUT2D eigenvalue weighted by atomic mass is 10.0. The van der Waals surface area contributed by atoms with Gasteiger partial charge in [0.15, 0.2) is 0 Å². The molecule has 1 aromatic rings. The number of nitrogens with one attached hydrogen (secondary N) is 1. The van der Waals surface area contributed by atoms with Crippen LogP contribution in [-0.4, -0.2) is 43.7 Å². The van der Waals surface area contributed by atoms with E-state index in [0.717, 1.165) is 12.7 Å². The fourth-order valence-corrected chi connectivity index (χ4v) is 2.25. The van der Waals surface area contributed by atoms with Gasteiger partial charge in [-0.3, -0.25) is 0 Å². The van der Waals surface area contributed by atoms with Crippen molar-refractivity contribution in [3.63, 3.8) is 0 Å². The molecule has 1 fully saturated rings. The Morgan fingerprint density at radius 2 is 1.87 bits per heavy atom. The maximum absolute atomic E-state index is 11.8. The summed E-state index contributed by atoms with van der Waals surface area (Å²) in [5, 5.41) is 2.96. The average molecular weight is 321 g/mol. The number of rotatable bonds is 4. The highest BCUT2D eigenvalue weighted by Gasteiger charge is 2.30. The van der Waals surface area contributed by atoms with Gasteiger partial charge in [0.05, 0.1) is 19.8 Å². The van der Waals surface area contributed by atoms with E-state index in [0.29, 0.717) is 26.0 Å². The maximum Gasteiger partial charge on any atom is 0.425 e. The molecule has 0 aromatic heterocycles. The molecule has 23 heavy (non-hydrogen) atoms. The second kappa shape index (κ2) is 8.40. The molecule has 0 amide bonds. The van der Waals surface area contributed by atoms with Gasteiger partial charge in [0, 0.05) is 6.54 Å². The smallest absolute Gasteiger partial charge is 0.425 e. The van der Waals surface area contributed by atoms with E-state index in [1.165, 1.54) is 0 Å². The Hall–Kier alpha value is -2.25. The number of piperidine rings is 1. The molecule has 124 valence electrons. The monoisotopic (exact) mass is 321 g/mol. The molecular weight excluding hydrogens is 302 g/mol. The van der Waals surface area contributed by atoms with Crippen LogP contribution in [-0.2, 0) is 35.2 Å². The van der Waals surface area contributed by atoms with Crippen molar-refractivity contribution in [3.8, 4) is 0 Å². The molecule has 1 aliphatic rings. The topological polar surface area (TPSA) is 90.9 Å². The Balaban J connectivity index is 1.72. The molecule has 0 radical (unpaired) electrons. The van der Waals surface area contributed by atoms with Gasteiger partial charge in [0.1, 0.15) is 6.04 Å². The van der Waals surface area contributed by atoms with Crippen LogP contribution in [0.3, 0.4) is 0 Å². The van der Waals surface area contributed by atoms with Crippen molar-refractivity contribution in [2.45, 2.75) is 31.6 Å². The highest BCUT2D eigenvalue weighted by atomic mass is 16.6. The Morgan fingerprint density at radius 1 is 1.13 bits per heavy atom. The predicted octanol–water partition coefficient (Wildman–Crippen LogP) is 0.567. The molecule has 0 saturated carbocycles. The van der Waals surface area contributed by atoms with Gasteiger partial charge < -0.3 is 19.5 Å². The molecule has 1 aliphatic heterocycles. The van der Waals surface area contributed by atoms with Crippen LogP contribution in [0.1, 0.15) is 18.4 Å². The summed E-state index contributed by atoms with van der Waals surface area (Å²) in [6.45, 7) is 0.974. The summed E-state index contributed by atoms with van der Waals surface area (Å²) in [6.07, 6.45) is 1.11. The normalized spacial score (nSPS) is 20.6. The van der Waals surface area contributed by atoms with Gasteiger partial charge >= 0.3 is 17.9 Å². The third-order valence-corrected chi connectivity index (χ3v) is 3.53. The second-order valence-electron chi connectivity index (χ2n) is 5.16. The molecule has 0 spiro atoms. The van der Waals surface area contributed by atoms with E-state index in [2.05, 4.69) is 14.8 Å². The number of methoxy groups -OCH3 is 1. The minimum atomic E-state index is -1.30. The number of ether oxygens (including phenoxy) is 3. The molecule has 1 aromatic carbocycles. The summed E-state index contributed by atoms with van der Waals surface area (Å²) >= 11 is 0. The Labute approximate surface area is 133 Å². The van der Waals surface area contributed by atoms with Crippen LogP contribution in [0, 0.1) is 0 Å². The lowest BCUT2D eigenvalue weighted by molar-refractivity contribution is -0.173. The van der Waals surface area contributed by atoms with Crippen LogP contribution in [0.2, 0.25) is 0 Å². The highest BCUT2D eigenvalue weighted by Crippen LogP contribution is 2.14. The Kier molecular flexibility index (Phi) is 6.25. The van der Waals surface area contributed by atoms with Gasteiger partial charge in [0.25, 0.3) is 0 Å². The second-order valence-corrected chi connectivity index (χ2v) is 5.16. The van der Waals surface area contributed by atoms with E-state index >= 15 is 0 Å². The lowest BCUT2D eigenvalue weighted by Crippen LogP contribution is -2.48. The number of esters is 3. The number of carbonyl (C=O) groups excluding carboxylic acids is 3. The van der Waals surface area contributed by atoms with Crippen molar-refractivity contribution in [3.05, 3.63) is 35.9 Å². The number of benzene rings is 1. The summed E-state index contributed by atoms with van der Waals surface area (Å²) in [5.74, 6) is -3.28. The zero-order valence-corrected chi connectivity index (χ0v) is 12.8. The van der Waals surface area contributed by atoms with Crippen molar-refractivity contribution in [1.82, 2.24) is 5.32 Å². The van der Waals surface area contributed by atoms with Gasteiger partial charge in [-0.15, -0.1) is 0 Å². The maximum atomic E-state index is 11.8. The first-order chi connectivity index (χ1) is 11.1. The van der Waals surface area contributed by atoms with Crippen LogP contribution >= 0.6 is 0 Å². The third-order valence-electron chi connectivity index (χ3n) is 3.53. The lowest BCUT2D eigenvalue weighted by Gasteiger charge is -2.28. The van der Waals surface area contributed by atoms with Gasteiger partial charge in [-0.05, 0) is 18.4 Å². The fourth-order valence-electron chi connectivity index (χ4n) is 2.25. The van der Waals surface area contributed by atoms with E-state index in [4.69, 9.17) is 4.74 Å². The predicted molar refractivity (Wildman–Crippen MR) is 79.2 cm³/mol. The van der Waals surface area contributed by atoms with E-state index in [9.17, 15) is 14.4 Å². The molecular formula is C16H19NO6. The molecule has 7 nitrogen and oxygen atoms in total. The first kappa shape index (κ1) is 17.1. The molecule has 1 heterocycles. The summed E-state index contributed by atoms with van der Waals surface area (Å²) in [6, 6.07) is 9.17. The summed E-state index contributed by atoms with van der Waals surface area (Å²) in [7, 11) is 1.04. The van der Waals surface area contributed by atoms with Crippen molar-refractivity contribution in [2.75, 3.05) is 13.7 Å². The van der Waals surface area contributed by atoms with Gasteiger partial charge in [0.2, 0.25) is 0 Å². The standard InChI is InChI=1S/C16H19NO6/c1-21-15(19)16(20)23-14(18)13-8-7-12(9-17-13)22-10-11-5-3-2-4-6-11/h2-6,12-13,17H,7-10H2,1H3/t12-,13+/m1/s1. The summed E-state index contributed by atoms with van der Waals surface area (Å²) in [4.78, 5) is 33.9. The summed E-state index contributed by atoms with van der Waals surface area (Å²) < 4.78 is 14.4. The minimum absolute atomic E-state index is 0.0180. The molecule has 0 aliphatic carbocycles.